The van der Waals surface area contributed by atoms with Crippen LogP contribution in [0.5, 0.6) is 17.2 Å². The normalized spacial score (nSPS) is 15.1. The van der Waals surface area contributed by atoms with Gasteiger partial charge in [-0.2, -0.15) is 4.68 Å². The second-order valence-electron chi connectivity index (χ2n) is 8.33. The molecule has 0 radical (unpaired) electrons. The van der Waals surface area contributed by atoms with Crippen LogP contribution in [0.1, 0.15) is 5.56 Å². The number of rotatable bonds is 5. The van der Waals surface area contributed by atoms with Crippen molar-refractivity contribution < 1.29 is 19.0 Å². The first kappa shape index (κ1) is 21.8. The van der Waals surface area contributed by atoms with E-state index in [1.165, 1.54) is 6.33 Å². The Morgan fingerprint density at radius 1 is 1.03 bits per heavy atom. The number of methoxy groups -OCH3 is 1. The average molecular weight is 486 g/mol. The molecule has 1 fully saturated rings. The fourth-order valence-corrected chi connectivity index (χ4v) is 4.31. The van der Waals surface area contributed by atoms with Crippen LogP contribution < -0.4 is 19.1 Å². The molecule has 2 aromatic heterocycles. The summed E-state index contributed by atoms with van der Waals surface area (Å²) in [6, 6.07) is 13.2. The minimum Gasteiger partial charge on any atom is -0.497 e. The van der Waals surface area contributed by atoms with E-state index in [-0.39, 0.29) is 12.7 Å². The Balaban J connectivity index is 1.15. The summed E-state index contributed by atoms with van der Waals surface area (Å²) in [6.07, 6.45) is 4.90. The lowest BCUT2D eigenvalue weighted by Gasteiger charge is -2.34. The molecule has 1 amide bonds. The molecule has 11 heteroatoms. The maximum absolute atomic E-state index is 12.8. The number of hydrogen-bond acceptors (Lipinski definition) is 9. The molecular weight excluding hydrogens is 462 g/mol. The van der Waals surface area contributed by atoms with Gasteiger partial charge in [-0.15, -0.1) is 5.10 Å². The van der Waals surface area contributed by atoms with Crippen LogP contribution in [0.4, 0.5) is 5.82 Å². The molecule has 0 spiro atoms. The number of hydrogen-bond donors (Lipinski definition) is 0. The van der Waals surface area contributed by atoms with Gasteiger partial charge in [-0.05, 0) is 35.9 Å². The number of benzene rings is 2. The minimum absolute atomic E-state index is 0.0379. The van der Waals surface area contributed by atoms with E-state index in [1.807, 2.05) is 47.4 Å². The third-order valence-electron chi connectivity index (χ3n) is 6.22. The van der Waals surface area contributed by atoms with Crippen LogP contribution in [-0.2, 0) is 4.79 Å². The van der Waals surface area contributed by atoms with Gasteiger partial charge in [0.15, 0.2) is 28.5 Å². The van der Waals surface area contributed by atoms with Gasteiger partial charge < -0.3 is 24.0 Å². The molecule has 0 aliphatic carbocycles. The van der Waals surface area contributed by atoms with Crippen molar-refractivity contribution in [2.75, 3.05) is 45.0 Å². The number of piperazine rings is 1. The zero-order chi connectivity index (χ0) is 24.5. The van der Waals surface area contributed by atoms with Crippen LogP contribution in [0.15, 0.2) is 54.9 Å². The maximum Gasteiger partial charge on any atom is 0.246 e. The Hall–Kier alpha value is -4.67. The Morgan fingerprint density at radius 2 is 1.89 bits per heavy atom. The molecule has 2 aromatic carbocycles. The van der Waals surface area contributed by atoms with E-state index in [0.717, 1.165) is 22.7 Å². The molecule has 36 heavy (non-hydrogen) atoms. The van der Waals surface area contributed by atoms with Crippen LogP contribution in [0.3, 0.4) is 0 Å². The predicted molar refractivity (Wildman–Crippen MR) is 131 cm³/mol. The lowest BCUT2D eigenvalue weighted by atomic mass is 10.2. The molecule has 0 bridgehead atoms. The van der Waals surface area contributed by atoms with Gasteiger partial charge in [0.05, 0.1) is 12.8 Å². The summed E-state index contributed by atoms with van der Waals surface area (Å²) >= 11 is 0. The van der Waals surface area contributed by atoms with Gasteiger partial charge in [-0.1, -0.05) is 17.3 Å². The Kier molecular flexibility index (Phi) is 5.56. The van der Waals surface area contributed by atoms with E-state index >= 15 is 0 Å². The number of ether oxygens (including phenoxy) is 3. The van der Waals surface area contributed by atoms with Crippen molar-refractivity contribution in [2.24, 2.45) is 0 Å². The van der Waals surface area contributed by atoms with Crippen LogP contribution in [0, 0.1) is 0 Å². The fourth-order valence-electron chi connectivity index (χ4n) is 4.31. The maximum atomic E-state index is 12.8. The first-order valence-corrected chi connectivity index (χ1v) is 11.5. The van der Waals surface area contributed by atoms with E-state index in [2.05, 4.69) is 25.2 Å². The van der Waals surface area contributed by atoms with E-state index in [0.29, 0.717) is 48.9 Å². The van der Waals surface area contributed by atoms with E-state index < -0.39 is 0 Å². The zero-order valence-corrected chi connectivity index (χ0v) is 19.6. The number of nitrogens with zero attached hydrogens (tertiary/aromatic N) is 7. The highest BCUT2D eigenvalue weighted by atomic mass is 16.7. The number of amides is 1. The zero-order valence-electron chi connectivity index (χ0n) is 19.6. The highest BCUT2D eigenvalue weighted by Crippen LogP contribution is 2.33. The van der Waals surface area contributed by atoms with E-state index in [9.17, 15) is 4.79 Å². The molecule has 2 aliphatic heterocycles. The number of fused-ring (bicyclic) bond motifs is 2. The van der Waals surface area contributed by atoms with Gasteiger partial charge >= 0.3 is 0 Å². The van der Waals surface area contributed by atoms with Crippen molar-refractivity contribution in [2.45, 2.75) is 0 Å². The predicted octanol–water partition coefficient (Wildman–Crippen LogP) is 2.31. The van der Waals surface area contributed by atoms with Gasteiger partial charge in [0.1, 0.15) is 12.1 Å². The molecule has 0 saturated carbocycles. The Labute approximate surface area is 206 Å². The highest BCUT2D eigenvalue weighted by Gasteiger charge is 2.24. The Morgan fingerprint density at radius 3 is 2.75 bits per heavy atom. The molecule has 0 N–H and O–H groups in total. The summed E-state index contributed by atoms with van der Waals surface area (Å²) in [5.74, 6) is 2.80. The average Bonchev–Trinajstić information content (AvgIpc) is 3.58. The standard InChI is InChI=1S/C25H23N7O4/c1-34-19-4-2-3-18(14-19)32-25-23(28-29-32)24(26-15-27-25)31-11-9-30(10-12-31)22(33)8-6-17-5-7-20-21(13-17)36-16-35-20/h2-8,13-15H,9-12,16H2,1H3/b8-6+. The SMILES string of the molecule is COc1cccc(-n2nnc3c(N4CCN(C(=O)/C=C/c5ccc6c(c5)OCO6)CC4)ncnc32)c1. The molecule has 2 aliphatic rings. The molecular formula is C25H23N7O4. The summed E-state index contributed by atoms with van der Waals surface area (Å²) < 4.78 is 17.7. The topological polar surface area (TPSA) is 108 Å². The molecule has 0 unspecified atom stereocenters. The van der Waals surface area contributed by atoms with E-state index in [4.69, 9.17) is 14.2 Å². The van der Waals surface area contributed by atoms with Crippen molar-refractivity contribution >= 4 is 29.0 Å². The van der Waals surface area contributed by atoms with Gasteiger partial charge in [0.25, 0.3) is 0 Å². The van der Waals surface area contributed by atoms with Gasteiger partial charge in [0, 0.05) is 38.3 Å². The first-order valence-electron chi connectivity index (χ1n) is 11.5. The lowest BCUT2D eigenvalue weighted by molar-refractivity contribution is -0.126. The van der Waals surface area contributed by atoms with E-state index in [1.54, 1.807) is 23.9 Å². The van der Waals surface area contributed by atoms with Crippen LogP contribution in [-0.4, -0.2) is 75.9 Å². The van der Waals surface area contributed by atoms with Crippen LogP contribution >= 0.6 is 0 Å². The molecule has 11 nitrogen and oxygen atoms in total. The number of anilines is 1. The molecule has 0 atom stereocenters. The molecule has 1 saturated heterocycles. The summed E-state index contributed by atoms with van der Waals surface area (Å²) in [7, 11) is 1.62. The molecule has 4 heterocycles. The van der Waals surface area contributed by atoms with Crippen molar-refractivity contribution in [1.82, 2.24) is 29.9 Å². The molecule has 6 rings (SSSR count). The monoisotopic (exact) mass is 485 g/mol. The van der Waals surface area contributed by atoms with Gasteiger partial charge in [0.2, 0.25) is 12.7 Å². The van der Waals surface area contributed by atoms with Crippen LogP contribution in [0.25, 0.3) is 22.9 Å². The molecule has 4 aromatic rings. The summed E-state index contributed by atoms with van der Waals surface area (Å²) in [6.45, 7) is 2.62. The first-order chi connectivity index (χ1) is 17.7. The minimum atomic E-state index is -0.0379. The number of carbonyl (C=O) groups excluding carboxylic acids is 1. The fraction of sp³-hybridized carbons (Fsp3) is 0.240. The second-order valence-corrected chi connectivity index (χ2v) is 8.33. The third kappa shape index (κ3) is 4.04. The summed E-state index contributed by atoms with van der Waals surface area (Å²) in [4.78, 5) is 25.6. The van der Waals surface area contributed by atoms with Crippen molar-refractivity contribution in [1.29, 1.82) is 0 Å². The summed E-state index contributed by atoms with van der Waals surface area (Å²) in [5, 5.41) is 8.67. The van der Waals surface area contributed by atoms with Gasteiger partial charge in [-0.3, -0.25) is 4.79 Å². The Bertz CT molecular complexity index is 1460. The highest BCUT2D eigenvalue weighted by molar-refractivity contribution is 5.92. The van der Waals surface area contributed by atoms with Crippen LogP contribution in [0.2, 0.25) is 0 Å². The van der Waals surface area contributed by atoms with Crippen molar-refractivity contribution in [3.8, 4) is 22.9 Å². The largest absolute Gasteiger partial charge is 0.497 e. The quantitative estimate of drug-likeness (QED) is 0.394. The van der Waals surface area contributed by atoms with Crippen molar-refractivity contribution in [3.05, 3.63) is 60.4 Å². The smallest absolute Gasteiger partial charge is 0.246 e. The lowest BCUT2D eigenvalue weighted by Crippen LogP contribution is -2.48. The summed E-state index contributed by atoms with van der Waals surface area (Å²) in [5.41, 5.74) is 2.90. The van der Waals surface area contributed by atoms with Gasteiger partial charge in [-0.25, -0.2) is 9.97 Å². The molecule has 182 valence electrons. The second kappa shape index (κ2) is 9.17. The third-order valence-corrected chi connectivity index (χ3v) is 6.22. The number of carbonyl (C=O) groups is 1. The number of aromatic nitrogens is 5. The van der Waals surface area contributed by atoms with Crippen molar-refractivity contribution in [3.63, 3.8) is 0 Å².